The molecule has 144 valence electrons. The van der Waals surface area contributed by atoms with Gasteiger partial charge in [0, 0.05) is 23.2 Å². The molecule has 0 aliphatic rings. The number of benzene rings is 2. The summed E-state index contributed by atoms with van der Waals surface area (Å²) in [5, 5.41) is 11.5. The van der Waals surface area contributed by atoms with Gasteiger partial charge in [-0.3, -0.25) is 14.3 Å². The van der Waals surface area contributed by atoms with Crippen LogP contribution in [0, 0.1) is 0 Å². The van der Waals surface area contributed by atoms with E-state index < -0.39 is 27.4 Å². The molecule has 0 fully saturated rings. The van der Waals surface area contributed by atoms with Gasteiger partial charge in [0.15, 0.2) is 0 Å². The Hall–Kier alpha value is -2.87. The number of nitrogens with one attached hydrogen (secondary N) is 2. The van der Waals surface area contributed by atoms with Gasteiger partial charge in [0.1, 0.15) is 0 Å². The maximum atomic E-state index is 12.4. The van der Waals surface area contributed by atoms with Crippen LogP contribution >= 0.6 is 0 Å². The topological polar surface area (TPSA) is 113 Å². The van der Waals surface area contributed by atoms with Crippen LogP contribution in [0.2, 0.25) is 0 Å². The van der Waals surface area contributed by atoms with E-state index in [1.54, 1.807) is 44.2 Å². The number of hydrogen-bond acceptors (Lipinski definition) is 4. The van der Waals surface area contributed by atoms with Crippen molar-refractivity contribution < 1.29 is 23.1 Å². The molecule has 0 aliphatic heterocycles. The fourth-order valence-electron chi connectivity index (χ4n) is 2.37. The molecule has 0 spiro atoms. The summed E-state index contributed by atoms with van der Waals surface area (Å²) in [5.41, 5.74) is 0.0336. The van der Waals surface area contributed by atoms with Crippen molar-refractivity contribution in [3.8, 4) is 0 Å². The lowest BCUT2D eigenvalue weighted by molar-refractivity contribution is -0.137. The lowest BCUT2D eigenvalue weighted by Crippen LogP contribution is -2.43. The van der Waals surface area contributed by atoms with Gasteiger partial charge in [-0.1, -0.05) is 18.2 Å². The highest BCUT2D eigenvalue weighted by Gasteiger charge is 2.22. The monoisotopic (exact) mass is 390 g/mol. The van der Waals surface area contributed by atoms with Crippen molar-refractivity contribution in [2.75, 3.05) is 4.72 Å². The van der Waals surface area contributed by atoms with Gasteiger partial charge < -0.3 is 10.4 Å². The van der Waals surface area contributed by atoms with Crippen LogP contribution in [0.15, 0.2) is 59.5 Å². The number of amides is 1. The van der Waals surface area contributed by atoms with E-state index in [-0.39, 0.29) is 23.3 Å². The van der Waals surface area contributed by atoms with E-state index in [0.29, 0.717) is 5.69 Å². The summed E-state index contributed by atoms with van der Waals surface area (Å²) in [5.74, 6) is -1.33. The molecule has 7 nitrogen and oxygen atoms in total. The maximum absolute atomic E-state index is 12.4. The summed E-state index contributed by atoms with van der Waals surface area (Å²) >= 11 is 0. The minimum absolute atomic E-state index is 0.0352. The molecule has 0 bridgehead atoms. The second-order valence-electron chi connectivity index (χ2n) is 6.73. The normalized spacial score (nSPS) is 11.6. The van der Waals surface area contributed by atoms with Gasteiger partial charge in [-0.05, 0) is 56.7 Å². The number of sulfonamides is 1. The van der Waals surface area contributed by atoms with E-state index in [2.05, 4.69) is 10.0 Å². The van der Waals surface area contributed by atoms with E-state index in [1.807, 2.05) is 0 Å². The molecule has 0 unspecified atom stereocenters. The van der Waals surface area contributed by atoms with Crippen LogP contribution < -0.4 is 10.0 Å². The first kappa shape index (κ1) is 20.4. The SMILES string of the molecule is CC(C)(CCC(=O)O)NC(=O)c1ccc(S(=O)(=O)Nc2ccccc2)cc1. The summed E-state index contributed by atoms with van der Waals surface area (Å²) in [7, 11) is -3.76. The van der Waals surface area contributed by atoms with E-state index in [4.69, 9.17) is 5.11 Å². The largest absolute Gasteiger partial charge is 0.481 e. The molecule has 0 radical (unpaired) electrons. The smallest absolute Gasteiger partial charge is 0.303 e. The minimum atomic E-state index is -3.76. The van der Waals surface area contributed by atoms with Gasteiger partial charge in [-0.25, -0.2) is 8.42 Å². The van der Waals surface area contributed by atoms with Crippen LogP contribution in [0.25, 0.3) is 0 Å². The first-order valence-corrected chi connectivity index (χ1v) is 9.80. The van der Waals surface area contributed by atoms with Crippen molar-refractivity contribution in [2.45, 2.75) is 37.1 Å². The molecule has 2 aromatic rings. The lowest BCUT2D eigenvalue weighted by atomic mass is 9.98. The van der Waals surface area contributed by atoms with E-state index in [0.717, 1.165) is 0 Å². The third kappa shape index (κ3) is 6.10. The van der Waals surface area contributed by atoms with Crippen molar-refractivity contribution in [2.24, 2.45) is 0 Å². The molecular formula is C19H22N2O5S. The molecular weight excluding hydrogens is 368 g/mol. The van der Waals surface area contributed by atoms with Gasteiger partial charge in [-0.2, -0.15) is 0 Å². The van der Waals surface area contributed by atoms with Crippen molar-refractivity contribution in [3.63, 3.8) is 0 Å². The number of para-hydroxylation sites is 1. The Morgan fingerprint density at radius 3 is 2.15 bits per heavy atom. The highest BCUT2D eigenvalue weighted by molar-refractivity contribution is 7.92. The highest BCUT2D eigenvalue weighted by Crippen LogP contribution is 2.17. The molecule has 2 aromatic carbocycles. The Morgan fingerprint density at radius 1 is 1.00 bits per heavy atom. The van der Waals surface area contributed by atoms with Crippen LogP contribution in [-0.2, 0) is 14.8 Å². The van der Waals surface area contributed by atoms with Crippen molar-refractivity contribution in [1.82, 2.24) is 5.32 Å². The Morgan fingerprint density at radius 2 is 1.59 bits per heavy atom. The Bertz CT molecular complexity index is 907. The predicted molar refractivity (Wildman–Crippen MR) is 102 cm³/mol. The number of carbonyl (C=O) groups is 2. The average molecular weight is 390 g/mol. The maximum Gasteiger partial charge on any atom is 0.303 e. The molecule has 0 saturated carbocycles. The van der Waals surface area contributed by atoms with Crippen molar-refractivity contribution >= 4 is 27.6 Å². The molecule has 0 heterocycles. The molecule has 2 rings (SSSR count). The number of anilines is 1. The van der Waals surface area contributed by atoms with Crippen LogP contribution in [0.1, 0.15) is 37.0 Å². The summed E-state index contributed by atoms with van der Waals surface area (Å²) in [6, 6.07) is 14.0. The van der Waals surface area contributed by atoms with Gasteiger partial charge in [0.2, 0.25) is 0 Å². The quantitative estimate of drug-likeness (QED) is 0.641. The van der Waals surface area contributed by atoms with Gasteiger partial charge in [-0.15, -0.1) is 0 Å². The fourth-order valence-corrected chi connectivity index (χ4v) is 3.43. The number of carboxylic acid groups (broad SMARTS) is 1. The van der Waals surface area contributed by atoms with Gasteiger partial charge in [0.05, 0.1) is 4.90 Å². The van der Waals surface area contributed by atoms with Gasteiger partial charge >= 0.3 is 5.97 Å². The molecule has 8 heteroatoms. The van der Waals surface area contributed by atoms with Crippen molar-refractivity contribution in [1.29, 1.82) is 0 Å². The Kier molecular flexibility index (Phi) is 6.22. The standard InChI is InChI=1S/C19H22N2O5S/c1-19(2,13-12-17(22)23)20-18(24)14-8-10-16(11-9-14)27(25,26)21-15-6-4-3-5-7-15/h3-11,21H,12-13H2,1-2H3,(H,20,24)(H,22,23). The number of hydrogen-bond donors (Lipinski definition) is 3. The number of rotatable bonds is 8. The highest BCUT2D eigenvalue weighted by atomic mass is 32.2. The second kappa shape index (κ2) is 8.22. The summed E-state index contributed by atoms with van der Waals surface area (Å²) in [4.78, 5) is 23.1. The summed E-state index contributed by atoms with van der Waals surface area (Å²) in [6.45, 7) is 3.47. The Labute approximate surface area is 158 Å². The van der Waals surface area contributed by atoms with Crippen LogP contribution in [0.5, 0.6) is 0 Å². The number of carbonyl (C=O) groups excluding carboxylic acids is 1. The van der Waals surface area contributed by atoms with Crippen LogP contribution in [0.3, 0.4) is 0 Å². The van der Waals surface area contributed by atoms with E-state index in [1.165, 1.54) is 24.3 Å². The van der Waals surface area contributed by atoms with Crippen LogP contribution in [-0.4, -0.2) is 30.9 Å². The van der Waals surface area contributed by atoms with Crippen molar-refractivity contribution in [3.05, 3.63) is 60.2 Å². The molecule has 27 heavy (non-hydrogen) atoms. The van der Waals surface area contributed by atoms with E-state index >= 15 is 0 Å². The Balaban J connectivity index is 2.07. The first-order valence-electron chi connectivity index (χ1n) is 8.31. The molecule has 0 aromatic heterocycles. The first-order chi connectivity index (χ1) is 12.6. The van der Waals surface area contributed by atoms with Gasteiger partial charge in [0.25, 0.3) is 15.9 Å². The number of carboxylic acids is 1. The molecule has 0 atom stereocenters. The predicted octanol–water partition coefficient (Wildman–Crippen LogP) is 2.86. The lowest BCUT2D eigenvalue weighted by Gasteiger charge is -2.25. The minimum Gasteiger partial charge on any atom is -0.481 e. The summed E-state index contributed by atoms with van der Waals surface area (Å²) < 4.78 is 27.3. The zero-order valence-electron chi connectivity index (χ0n) is 15.1. The average Bonchev–Trinajstić information content (AvgIpc) is 2.60. The summed E-state index contributed by atoms with van der Waals surface area (Å²) in [6.07, 6.45) is 0.219. The fraction of sp³-hybridized carbons (Fsp3) is 0.263. The third-order valence-corrected chi connectivity index (χ3v) is 5.27. The second-order valence-corrected chi connectivity index (χ2v) is 8.41. The molecule has 0 aliphatic carbocycles. The van der Waals surface area contributed by atoms with E-state index in [9.17, 15) is 18.0 Å². The molecule has 3 N–H and O–H groups in total. The zero-order chi connectivity index (χ0) is 20.1. The third-order valence-electron chi connectivity index (χ3n) is 3.87. The number of aliphatic carboxylic acids is 1. The molecule has 1 amide bonds. The zero-order valence-corrected chi connectivity index (χ0v) is 15.9. The molecule has 0 saturated heterocycles. The van der Waals surface area contributed by atoms with Crippen LogP contribution in [0.4, 0.5) is 5.69 Å².